The molecule has 1 heterocycles. The van der Waals surface area contributed by atoms with Gasteiger partial charge in [-0.3, -0.25) is 9.36 Å². The van der Waals surface area contributed by atoms with Gasteiger partial charge in [0.15, 0.2) is 5.16 Å². The number of carbonyl (C=O) groups is 1. The minimum absolute atomic E-state index is 0.0527. The minimum atomic E-state index is 0.0527. The summed E-state index contributed by atoms with van der Waals surface area (Å²) in [5.41, 5.74) is 4.52. The molecule has 0 aliphatic carbocycles. The molecule has 0 aliphatic heterocycles. The Balaban J connectivity index is 1.67. The zero-order chi connectivity index (χ0) is 21.0. The standard InChI is InChI=1S/C22H26N4O2S/c1-15-6-7-18(16(2)12-15)13-25(4)21(27)14-29-22-24-23-17(3)26(22)19-8-10-20(28-5)11-9-19/h6-12H,13-14H2,1-5H3. The van der Waals surface area contributed by atoms with Gasteiger partial charge in [0.1, 0.15) is 11.6 Å². The number of hydrogen-bond donors (Lipinski definition) is 0. The van der Waals surface area contributed by atoms with E-state index in [1.807, 2.05) is 42.8 Å². The zero-order valence-electron chi connectivity index (χ0n) is 17.5. The van der Waals surface area contributed by atoms with E-state index in [0.29, 0.717) is 17.5 Å². The number of rotatable bonds is 7. The van der Waals surface area contributed by atoms with Crippen LogP contribution in [0.1, 0.15) is 22.5 Å². The van der Waals surface area contributed by atoms with Crippen molar-refractivity contribution in [2.75, 3.05) is 19.9 Å². The third kappa shape index (κ3) is 4.98. The molecule has 0 atom stereocenters. The molecule has 2 aromatic carbocycles. The Morgan fingerprint density at radius 2 is 1.83 bits per heavy atom. The number of hydrogen-bond acceptors (Lipinski definition) is 5. The van der Waals surface area contributed by atoms with Crippen LogP contribution < -0.4 is 4.74 Å². The van der Waals surface area contributed by atoms with Crippen molar-refractivity contribution in [2.45, 2.75) is 32.5 Å². The molecule has 0 saturated carbocycles. The number of nitrogens with zero attached hydrogens (tertiary/aromatic N) is 4. The van der Waals surface area contributed by atoms with Crippen LogP contribution >= 0.6 is 11.8 Å². The predicted molar refractivity (Wildman–Crippen MR) is 116 cm³/mol. The average Bonchev–Trinajstić information content (AvgIpc) is 3.08. The summed E-state index contributed by atoms with van der Waals surface area (Å²) < 4.78 is 7.17. The van der Waals surface area contributed by atoms with Crippen molar-refractivity contribution in [1.29, 1.82) is 0 Å². The number of amides is 1. The highest BCUT2D eigenvalue weighted by atomic mass is 32.2. The summed E-state index contributed by atoms with van der Waals surface area (Å²) in [5, 5.41) is 9.12. The van der Waals surface area contributed by atoms with E-state index in [1.165, 1.54) is 22.9 Å². The summed E-state index contributed by atoms with van der Waals surface area (Å²) in [6, 6.07) is 14.0. The highest BCUT2D eigenvalue weighted by Gasteiger charge is 2.16. The van der Waals surface area contributed by atoms with E-state index in [0.717, 1.165) is 22.8 Å². The van der Waals surface area contributed by atoms with Gasteiger partial charge in [-0.25, -0.2) is 0 Å². The molecule has 3 rings (SSSR count). The molecule has 0 radical (unpaired) electrons. The Morgan fingerprint density at radius 1 is 1.10 bits per heavy atom. The van der Waals surface area contributed by atoms with E-state index in [9.17, 15) is 4.79 Å². The molecule has 29 heavy (non-hydrogen) atoms. The molecule has 0 aliphatic rings. The number of aryl methyl sites for hydroxylation is 3. The van der Waals surface area contributed by atoms with Crippen LogP contribution in [0.3, 0.4) is 0 Å². The first kappa shape index (κ1) is 20.9. The minimum Gasteiger partial charge on any atom is -0.497 e. The average molecular weight is 411 g/mol. The van der Waals surface area contributed by atoms with Gasteiger partial charge < -0.3 is 9.64 Å². The van der Waals surface area contributed by atoms with Crippen molar-refractivity contribution in [1.82, 2.24) is 19.7 Å². The second-order valence-electron chi connectivity index (χ2n) is 7.03. The maximum absolute atomic E-state index is 12.7. The summed E-state index contributed by atoms with van der Waals surface area (Å²) in [5.74, 6) is 1.91. The van der Waals surface area contributed by atoms with Crippen molar-refractivity contribution >= 4 is 17.7 Å². The fourth-order valence-corrected chi connectivity index (χ4v) is 4.01. The Labute approximate surface area is 175 Å². The van der Waals surface area contributed by atoms with Crippen LogP contribution in [0, 0.1) is 20.8 Å². The lowest BCUT2D eigenvalue weighted by molar-refractivity contribution is -0.127. The monoisotopic (exact) mass is 410 g/mol. The second kappa shape index (κ2) is 9.13. The van der Waals surface area contributed by atoms with Crippen LogP contribution in [0.25, 0.3) is 5.69 Å². The Hall–Kier alpha value is -2.80. The van der Waals surface area contributed by atoms with Gasteiger partial charge in [0.05, 0.1) is 12.9 Å². The number of methoxy groups -OCH3 is 1. The first-order valence-corrected chi connectivity index (χ1v) is 10.4. The molecule has 0 unspecified atom stereocenters. The van der Waals surface area contributed by atoms with Crippen LogP contribution in [0.2, 0.25) is 0 Å². The maximum Gasteiger partial charge on any atom is 0.233 e. The molecule has 0 bridgehead atoms. The lowest BCUT2D eigenvalue weighted by Crippen LogP contribution is -2.28. The van der Waals surface area contributed by atoms with Crippen LogP contribution in [-0.2, 0) is 11.3 Å². The number of benzene rings is 2. The highest BCUT2D eigenvalue weighted by molar-refractivity contribution is 7.99. The molecule has 1 amide bonds. The van der Waals surface area contributed by atoms with E-state index >= 15 is 0 Å². The molecule has 7 heteroatoms. The number of thioether (sulfide) groups is 1. The Kier molecular flexibility index (Phi) is 6.59. The maximum atomic E-state index is 12.7. The normalized spacial score (nSPS) is 10.8. The van der Waals surface area contributed by atoms with Gasteiger partial charge in [-0.15, -0.1) is 10.2 Å². The topological polar surface area (TPSA) is 60.2 Å². The fraction of sp³-hybridized carbons (Fsp3) is 0.318. The van der Waals surface area contributed by atoms with Gasteiger partial charge in [0.2, 0.25) is 5.91 Å². The zero-order valence-corrected chi connectivity index (χ0v) is 18.3. The van der Waals surface area contributed by atoms with Crippen molar-refractivity contribution < 1.29 is 9.53 Å². The van der Waals surface area contributed by atoms with Crippen molar-refractivity contribution in [2.24, 2.45) is 0 Å². The number of carbonyl (C=O) groups excluding carboxylic acids is 1. The van der Waals surface area contributed by atoms with Gasteiger partial charge in [-0.1, -0.05) is 35.5 Å². The number of ether oxygens (including phenoxy) is 1. The summed E-state index contributed by atoms with van der Waals surface area (Å²) in [6.45, 7) is 6.64. The Morgan fingerprint density at radius 3 is 2.48 bits per heavy atom. The third-order valence-electron chi connectivity index (χ3n) is 4.78. The first-order valence-electron chi connectivity index (χ1n) is 9.38. The van der Waals surface area contributed by atoms with Crippen LogP contribution in [0.4, 0.5) is 0 Å². The molecular formula is C22H26N4O2S. The largest absolute Gasteiger partial charge is 0.497 e. The summed E-state index contributed by atoms with van der Waals surface area (Å²) >= 11 is 1.39. The van der Waals surface area contributed by atoms with E-state index in [-0.39, 0.29) is 5.91 Å². The summed E-state index contributed by atoms with van der Waals surface area (Å²) in [6.07, 6.45) is 0. The van der Waals surface area contributed by atoms with Crippen LogP contribution in [0.5, 0.6) is 5.75 Å². The van der Waals surface area contributed by atoms with E-state index in [1.54, 1.807) is 12.0 Å². The number of aromatic nitrogens is 3. The molecular weight excluding hydrogens is 384 g/mol. The van der Waals surface area contributed by atoms with E-state index in [4.69, 9.17) is 4.74 Å². The van der Waals surface area contributed by atoms with Crippen LogP contribution in [0.15, 0.2) is 47.6 Å². The molecule has 1 aromatic heterocycles. The first-order chi connectivity index (χ1) is 13.9. The molecule has 0 saturated heterocycles. The Bertz CT molecular complexity index is 999. The van der Waals surface area contributed by atoms with Gasteiger partial charge in [0.25, 0.3) is 0 Å². The highest BCUT2D eigenvalue weighted by Crippen LogP contribution is 2.24. The van der Waals surface area contributed by atoms with Crippen LogP contribution in [-0.4, -0.2) is 45.5 Å². The third-order valence-corrected chi connectivity index (χ3v) is 5.70. The smallest absolute Gasteiger partial charge is 0.233 e. The van der Waals surface area contributed by atoms with E-state index in [2.05, 4.69) is 42.2 Å². The summed E-state index contributed by atoms with van der Waals surface area (Å²) in [4.78, 5) is 14.4. The van der Waals surface area contributed by atoms with Gasteiger partial charge in [-0.2, -0.15) is 0 Å². The summed E-state index contributed by atoms with van der Waals surface area (Å²) in [7, 11) is 3.47. The predicted octanol–water partition coefficient (Wildman–Crippen LogP) is 3.95. The van der Waals surface area contributed by atoms with Gasteiger partial charge >= 0.3 is 0 Å². The molecule has 6 nitrogen and oxygen atoms in total. The molecule has 0 N–H and O–H groups in total. The molecule has 152 valence electrons. The molecule has 3 aromatic rings. The van der Waals surface area contributed by atoms with Crippen molar-refractivity contribution in [3.8, 4) is 11.4 Å². The molecule has 0 spiro atoms. The molecule has 0 fully saturated rings. The lowest BCUT2D eigenvalue weighted by atomic mass is 10.1. The second-order valence-corrected chi connectivity index (χ2v) is 7.97. The SMILES string of the molecule is COc1ccc(-n2c(C)nnc2SCC(=O)N(C)Cc2ccc(C)cc2C)cc1. The van der Waals surface area contributed by atoms with Crippen molar-refractivity contribution in [3.63, 3.8) is 0 Å². The fourth-order valence-electron chi connectivity index (χ4n) is 3.07. The van der Waals surface area contributed by atoms with Gasteiger partial charge in [0, 0.05) is 19.3 Å². The van der Waals surface area contributed by atoms with Crippen molar-refractivity contribution in [3.05, 3.63) is 65.0 Å². The lowest BCUT2D eigenvalue weighted by Gasteiger charge is -2.18. The quantitative estimate of drug-likeness (QED) is 0.552. The van der Waals surface area contributed by atoms with Gasteiger partial charge in [-0.05, 0) is 56.2 Å². The van der Waals surface area contributed by atoms with E-state index < -0.39 is 0 Å².